The molecule has 1 N–H and O–H groups in total. The first-order valence-corrected chi connectivity index (χ1v) is 7.53. The minimum Gasteiger partial charge on any atom is -0.319 e. The monoisotopic (exact) mass is 381 g/mol. The fourth-order valence-corrected chi connectivity index (χ4v) is 2.46. The molecule has 0 bridgehead atoms. The van der Waals surface area contributed by atoms with E-state index in [1.54, 1.807) is 26.1 Å². The summed E-state index contributed by atoms with van der Waals surface area (Å²) in [6, 6.07) is -1.05. The molecule has 0 radical (unpaired) electrons. The van der Waals surface area contributed by atoms with E-state index in [1.165, 1.54) is 4.68 Å². The number of aromatic nitrogens is 2. The number of benzene rings is 1. The highest BCUT2D eigenvalue weighted by atomic mass is 35.5. The summed E-state index contributed by atoms with van der Waals surface area (Å²) in [5.41, 5.74) is -0.548. The van der Waals surface area contributed by atoms with Crippen molar-refractivity contribution in [2.45, 2.75) is 33.2 Å². The number of nitrogens with one attached hydrogen (secondary N) is 1. The van der Waals surface area contributed by atoms with Crippen molar-refractivity contribution < 1.29 is 26.7 Å². The van der Waals surface area contributed by atoms with Crippen molar-refractivity contribution in [3.05, 3.63) is 45.5 Å². The molecule has 1 unspecified atom stereocenters. The Balaban J connectivity index is 2.43. The van der Waals surface area contributed by atoms with Gasteiger partial charge in [-0.05, 0) is 20.3 Å². The topological polar surface area (TPSA) is 46.9 Å². The fraction of sp³-hybridized carbons (Fsp3) is 0.333. The maximum atomic E-state index is 13.7. The van der Waals surface area contributed by atoms with E-state index >= 15 is 0 Å². The van der Waals surface area contributed by atoms with Crippen LogP contribution in [0.25, 0.3) is 0 Å². The van der Waals surface area contributed by atoms with E-state index in [9.17, 15) is 26.7 Å². The summed E-state index contributed by atoms with van der Waals surface area (Å²) < 4.78 is 68.2. The summed E-state index contributed by atoms with van der Waals surface area (Å²) in [5.74, 6) is -11.8. The average Bonchev–Trinajstić information content (AvgIpc) is 2.83. The second-order valence-corrected chi connectivity index (χ2v) is 5.67. The number of amides is 1. The molecule has 0 aliphatic rings. The molecule has 4 nitrogen and oxygen atoms in total. The molecule has 136 valence electrons. The van der Waals surface area contributed by atoms with Gasteiger partial charge in [0.15, 0.2) is 23.3 Å². The molecule has 0 saturated carbocycles. The van der Waals surface area contributed by atoms with E-state index in [1.807, 2.05) is 0 Å². The summed E-state index contributed by atoms with van der Waals surface area (Å²) in [4.78, 5) is 12.3. The maximum absolute atomic E-state index is 13.7. The third-order valence-electron chi connectivity index (χ3n) is 3.68. The summed E-state index contributed by atoms with van der Waals surface area (Å²) in [5, 5.41) is 6.13. The van der Waals surface area contributed by atoms with Gasteiger partial charge in [-0.3, -0.25) is 9.48 Å². The van der Waals surface area contributed by atoms with Gasteiger partial charge in [-0.1, -0.05) is 18.5 Å². The summed E-state index contributed by atoms with van der Waals surface area (Å²) in [6.07, 6.45) is 0.138. The number of rotatable bonds is 4. The molecule has 1 heterocycles. The van der Waals surface area contributed by atoms with Crippen LogP contribution in [0.4, 0.5) is 27.6 Å². The van der Waals surface area contributed by atoms with Crippen LogP contribution in [-0.4, -0.2) is 15.7 Å². The van der Waals surface area contributed by atoms with Crippen LogP contribution in [0.3, 0.4) is 0 Å². The molecule has 0 fully saturated rings. The van der Waals surface area contributed by atoms with Crippen LogP contribution in [0, 0.1) is 42.9 Å². The molecule has 0 saturated heterocycles. The lowest BCUT2D eigenvalue weighted by Gasteiger charge is -2.18. The van der Waals surface area contributed by atoms with Crippen LogP contribution in [0.1, 0.15) is 30.8 Å². The lowest BCUT2D eigenvalue weighted by Crippen LogP contribution is -2.28. The molecule has 1 amide bonds. The minimum atomic E-state index is -2.30. The van der Waals surface area contributed by atoms with Crippen LogP contribution in [0.5, 0.6) is 0 Å². The Hall–Kier alpha value is -2.16. The predicted molar refractivity (Wildman–Crippen MR) is 80.9 cm³/mol. The van der Waals surface area contributed by atoms with Gasteiger partial charge in [-0.2, -0.15) is 5.10 Å². The molecule has 1 atom stereocenters. The van der Waals surface area contributed by atoms with Gasteiger partial charge in [-0.25, -0.2) is 22.0 Å². The largest absolute Gasteiger partial charge is 0.319 e. The SMILES string of the molecule is CCC(C(=O)Nc1c(F)c(F)c(F)c(F)c1F)n1nc(C)c(Cl)c1C. The van der Waals surface area contributed by atoms with Crippen molar-refractivity contribution in [1.82, 2.24) is 9.78 Å². The second kappa shape index (κ2) is 6.99. The number of aryl methyl sites for hydroxylation is 1. The highest BCUT2D eigenvalue weighted by Crippen LogP contribution is 2.29. The first-order chi connectivity index (χ1) is 11.6. The second-order valence-electron chi connectivity index (χ2n) is 5.29. The Morgan fingerprint density at radius 1 is 1.08 bits per heavy atom. The number of nitrogens with zero attached hydrogens (tertiary/aromatic N) is 2. The Morgan fingerprint density at radius 3 is 1.96 bits per heavy atom. The number of anilines is 1. The number of carbonyl (C=O) groups is 1. The zero-order chi connectivity index (χ0) is 19.0. The molecular formula is C15H13ClF5N3O. The number of hydrogen-bond acceptors (Lipinski definition) is 2. The van der Waals surface area contributed by atoms with E-state index in [0.29, 0.717) is 16.4 Å². The molecule has 2 aromatic rings. The highest BCUT2D eigenvalue weighted by Gasteiger charge is 2.30. The van der Waals surface area contributed by atoms with Crippen LogP contribution in [-0.2, 0) is 4.79 Å². The van der Waals surface area contributed by atoms with Gasteiger partial charge < -0.3 is 5.32 Å². The summed E-state index contributed by atoms with van der Waals surface area (Å²) >= 11 is 6.00. The standard InChI is InChI=1S/C15H13ClF5N3O/c1-4-7(24-6(3)8(16)5(2)23-24)15(25)22-14-12(20)10(18)9(17)11(19)13(14)21/h7H,4H2,1-3H3,(H,22,25). The van der Waals surface area contributed by atoms with Crippen molar-refractivity contribution in [1.29, 1.82) is 0 Å². The van der Waals surface area contributed by atoms with Gasteiger partial charge >= 0.3 is 0 Å². The van der Waals surface area contributed by atoms with Crippen molar-refractivity contribution in [3.63, 3.8) is 0 Å². The van der Waals surface area contributed by atoms with E-state index in [-0.39, 0.29) is 6.42 Å². The van der Waals surface area contributed by atoms with Crippen LogP contribution in [0.15, 0.2) is 0 Å². The smallest absolute Gasteiger partial charge is 0.249 e. The molecule has 1 aromatic heterocycles. The number of hydrogen-bond donors (Lipinski definition) is 1. The Kier molecular flexibility index (Phi) is 5.36. The van der Waals surface area contributed by atoms with Crippen molar-refractivity contribution >= 4 is 23.2 Å². The third kappa shape index (κ3) is 3.20. The maximum Gasteiger partial charge on any atom is 0.249 e. The molecule has 25 heavy (non-hydrogen) atoms. The molecule has 0 aliphatic carbocycles. The summed E-state index contributed by atoms with van der Waals surface area (Å²) in [7, 11) is 0. The zero-order valence-corrected chi connectivity index (χ0v) is 14.1. The van der Waals surface area contributed by atoms with E-state index in [0.717, 1.165) is 0 Å². The molecule has 0 aliphatic heterocycles. The molecular weight excluding hydrogens is 369 g/mol. The Morgan fingerprint density at radius 2 is 1.56 bits per heavy atom. The molecule has 2 rings (SSSR count). The lowest BCUT2D eigenvalue weighted by molar-refractivity contribution is -0.119. The van der Waals surface area contributed by atoms with E-state index in [2.05, 4.69) is 5.10 Å². The van der Waals surface area contributed by atoms with Gasteiger partial charge in [0, 0.05) is 0 Å². The number of carbonyl (C=O) groups excluding carboxylic acids is 1. The zero-order valence-electron chi connectivity index (χ0n) is 13.4. The van der Waals surface area contributed by atoms with Crippen LogP contribution >= 0.6 is 11.6 Å². The van der Waals surface area contributed by atoms with Crippen LogP contribution in [0.2, 0.25) is 5.02 Å². The predicted octanol–water partition coefficient (Wildman–Crippen LogP) is 4.44. The first kappa shape index (κ1) is 19.2. The highest BCUT2D eigenvalue weighted by molar-refractivity contribution is 6.31. The summed E-state index contributed by atoms with van der Waals surface area (Å²) in [6.45, 7) is 4.77. The van der Waals surface area contributed by atoms with E-state index in [4.69, 9.17) is 11.6 Å². The normalized spacial score (nSPS) is 12.4. The van der Waals surface area contributed by atoms with Crippen molar-refractivity contribution in [3.8, 4) is 0 Å². The third-order valence-corrected chi connectivity index (χ3v) is 4.23. The van der Waals surface area contributed by atoms with E-state index < -0.39 is 46.7 Å². The molecule has 0 spiro atoms. The Labute approximate surface area is 144 Å². The fourth-order valence-electron chi connectivity index (χ4n) is 2.34. The molecule has 10 heteroatoms. The van der Waals surface area contributed by atoms with Gasteiger partial charge in [0.05, 0.1) is 16.4 Å². The van der Waals surface area contributed by atoms with Crippen molar-refractivity contribution in [2.75, 3.05) is 5.32 Å². The molecule has 1 aromatic carbocycles. The van der Waals surface area contributed by atoms with Crippen molar-refractivity contribution in [2.24, 2.45) is 0 Å². The minimum absolute atomic E-state index is 0.138. The van der Waals surface area contributed by atoms with Crippen LogP contribution < -0.4 is 5.32 Å². The lowest BCUT2D eigenvalue weighted by atomic mass is 10.2. The first-order valence-electron chi connectivity index (χ1n) is 7.15. The quantitative estimate of drug-likeness (QED) is 0.483. The number of halogens is 6. The van der Waals surface area contributed by atoms with Gasteiger partial charge in [0.1, 0.15) is 11.7 Å². The Bertz CT molecular complexity index is 823. The van der Waals surface area contributed by atoms with Gasteiger partial charge in [0.2, 0.25) is 11.7 Å². The average molecular weight is 382 g/mol. The van der Waals surface area contributed by atoms with Gasteiger partial charge in [0.25, 0.3) is 0 Å². The van der Waals surface area contributed by atoms with Gasteiger partial charge in [-0.15, -0.1) is 0 Å².